The number of nitrogen functional groups attached to an aromatic ring is 1. The molecular formula is C23H22ClN5OS. The summed E-state index contributed by atoms with van der Waals surface area (Å²) >= 11 is 7.74. The van der Waals surface area contributed by atoms with Gasteiger partial charge in [0.05, 0.1) is 15.9 Å². The van der Waals surface area contributed by atoms with Crippen LogP contribution >= 0.6 is 22.9 Å². The lowest BCUT2D eigenvalue weighted by molar-refractivity contribution is -0.115. The summed E-state index contributed by atoms with van der Waals surface area (Å²) in [5, 5.41) is 2.03. The predicted octanol–water partition coefficient (Wildman–Crippen LogP) is 3.97. The van der Waals surface area contributed by atoms with E-state index in [-0.39, 0.29) is 6.04 Å². The summed E-state index contributed by atoms with van der Waals surface area (Å²) in [6.45, 7) is 4.00. The summed E-state index contributed by atoms with van der Waals surface area (Å²) in [4.78, 5) is 24.8. The van der Waals surface area contributed by atoms with Crippen molar-refractivity contribution >= 4 is 56.0 Å². The minimum atomic E-state index is -0.139. The van der Waals surface area contributed by atoms with Gasteiger partial charge in [0.15, 0.2) is 0 Å². The van der Waals surface area contributed by atoms with Crippen LogP contribution in [-0.2, 0) is 17.9 Å². The third-order valence-electron chi connectivity index (χ3n) is 5.85. The first-order valence-corrected chi connectivity index (χ1v) is 11.4. The maximum Gasteiger partial charge on any atom is 0.138 e. The van der Waals surface area contributed by atoms with E-state index in [0.717, 1.165) is 53.3 Å². The molecule has 6 nitrogen and oxygen atoms in total. The zero-order chi connectivity index (χ0) is 21.4. The summed E-state index contributed by atoms with van der Waals surface area (Å²) in [7, 11) is 0. The Labute approximate surface area is 189 Å². The van der Waals surface area contributed by atoms with Crippen LogP contribution in [0.4, 0.5) is 5.82 Å². The Morgan fingerprint density at radius 2 is 1.94 bits per heavy atom. The number of aromatic nitrogens is 2. The molecule has 1 unspecified atom stereocenters. The number of hydrogen-bond acceptors (Lipinski definition) is 7. The summed E-state index contributed by atoms with van der Waals surface area (Å²) < 4.78 is 2.01. The molecule has 0 radical (unpaired) electrons. The second kappa shape index (κ2) is 8.51. The highest BCUT2D eigenvalue weighted by molar-refractivity contribution is 7.22. The molecule has 5 rings (SSSR count). The topological polar surface area (TPSA) is 75.3 Å². The number of thiophene rings is 1. The van der Waals surface area contributed by atoms with E-state index in [2.05, 4.69) is 38.0 Å². The van der Waals surface area contributed by atoms with Crippen LogP contribution in [0.25, 0.3) is 21.0 Å². The average molecular weight is 452 g/mol. The number of nitrogens with zero attached hydrogens (tertiary/aromatic N) is 4. The van der Waals surface area contributed by atoms with E-state index in [1.165, 1.54) is 22.0 Å². The maximum atomic E-state index is 11.9. The van der Waals surface area contributed by atoms with Crippen molar-refractivity contribution in [1.29, 1.82) is 0 Å². The lowest BCUT2D eigenvalue weighted by Gasteiger charge is -2.39. The molecule has 2 N–H and O–H groups in total. The van der Waals surface area contributed by atoms with E-state index in [4.69, 9.17) is 17.3 Å². The first-order chi connectivity index (χ1) is 15.1. The molecule has 4 aromatic rings. The van der Waals surface area contributed by atoms with Gasteiger partial charge in [-0.05, 0) is 40.8 Å². The van der Waals surface area contributed by atoms with Gasteiger partial charge in [-0.2, -0.15) is 0 Å². The Kier molecular flexibility index (Phi) is 5.58. The van der Waals surface area contributed by atoms with Crippen molar-refractivity contribution in [3.63, 3.8) is 0 Å². The lowest BCUT2D eigenvalue weighted by Crippen LogP contribution is -2.53. The van der Waals surface area contributed by atoms with E-state index in [0.29, 0.717) is 12.4 Å². The standard InChI is InChI=1S/C23H22ClN5OS/c24-22-9-17-3-1-16(8-21(17)31-22)10-28-5-6-29(18(12-28)13-30)11-15-2-4-19-20(7-15)26-14-27-23(19)25/h1-4,7-9,13-14,18H,5-6,10-12H2,(H2,25,26,27). The maximum absolute atomic E-state index is 11.9. The van der Waals surface area contributed by atoms with Crippen molar-refractivity contribution in [2.24, 2.45) is 0 Å². The molecule has 0 amide bonds. The van der Waals surface area contributed by atoms with E-state index in [9.17, 15) is 4.79 Å². The highest BCUT2D eigenvalue weighted by Gasteiger charge is 2.27. The van der Waals surface area contributed by atoms with Crippen LogP contribution in [0.1, 0.15) is 11.1 Å². The number of benzene rings is 2. The Bertz CT molecular complexity index is 1260. The number of nitrogens with two attached hydrogens (primary N) is 1. The number of piperazine rings is 1. The van der Waals surface area contributed by atoms with Crippen LogP contribution < -0.4 is 5.73 Å². The molecule has 0 aliphatic carbocycles. The SMILES string of the molecule is Nc1ncnc2cc(CN3CCN(Cc4ccc5cc(Cl)sc5c4)CC3C=O)ccc12. The van der Waals surface area contributed by atoms with Gasteiger partial charge < -0.3 is 10.5 Å². The van der Waals surface area contributed by atoms with Gasteiger partial charge >= 0.3 is 0 Å². The second-order valence-corrected chi connectivity index (χ2v) is 9.66. The van der Waals surface area contributed by atoms with Crippen LogP contribution in [0.2, 0.25) is 4.34 Å². The summed E-state index contributed by atoms with van der Waals surface area (Å²) in [6, 6.07) is 14.4. The summed E-state index contributed by atoms with van der Waals surface area (Å²) in [5.74, 6) is 0.485. The molecule has 1 aliphatic heterocycles. The molecule has 2 aromatic carbocycles. The summed E-state index contributed by atoms with van der Waals surface area (Å²) in [5.41, 5.74) is 9.12. The number of rotatable bonds is 5. The molecule has 1 saturated heterocycles. The first kappa shape index (κ1) is 20.3. The molecule has 8 heteroatoms. The lowest BCUT2D eigenvalue weighted by atomic mass is 10.1. The fourth-order valence-electron chi connectivity index (χ4n) is 4.23. The van der Waals surface area contributed by atoms with E-state index in [1.54, 1.807) is 11.3 Å². The van der Waals surface area contributed by atoms with E-state index < -0.39 is 0 Å². The van der Waals surface area contributed by atoms with Gasteiger partial charge in [0.2, 0.25) is 0 Å². The van der Waals surface area contributed by atoms with Gasteiger partial charge in [0.25, 0.3) is 0 Å². The third-order valence-corrected chi connectivity index (χ3v) is 7.08. The van der Waals surface area contributed by atoms with Gasteiger partial charge in [-0.15, -0.1) is 11.3 Å². The molecule has 0 bridgehead atoms. The van der Waals surface area contributed by atoms with Crippen molar-refractivity contribution < 1.29 is 4.79 Å². The van der Waals surface area contributed by atoms with Crippen molar-refractivity contribution in [3.05, 3.63) is 64.3 Å². The van der Waals surface area contributed by atoms with Gasteiger partial charge in [-0.1, -0.05) is 29.8 Å². The largest absolute Gasteiger partial charge is 0.383 e. The van der Waals surface area contributed by atoms with Crippen molar-refractivity contribution in [1.82, 2.24) is 19.8 Å². The highest BCUT2D eigenvalue weighted by atomic mass is 35.5. The zero-order valence-electron chi connectivity index (χ0n) is 16.9. The van der Waals surface area contributed by atoms with Crippen molar-refractivity contribution in [2.75, 3.05) is 25.4 Å². The minimum absolute atomic E-state index is 0.139. The number of anilines is 1. The monoisotopic (exact) mass is 451 g/mol. The quantitative estimate of drug-likeness (QED) is 0.463. The first-order valence-electron chi connectivity index (χ1n) is 10.2. The van der Waals surface area contributed by atoms with Crippen LogP contribution in [-0.4, -0.2) is 51.7 Å². The van der Waals surface area contributed by atoms with Crippen molar-refractivity contribution in [3.8, 4) is 0 Å². The smallest absolute Gasteiger partial charge is 0.138 e. The molecular weight excluding hydrogens is 430 g/mol. The molecule has 1 atom stereocenters. The average Bonchev–Trinajstić information content (AvgIpc) is 3.14. The predicted molar refractivity (Wildman–Crippen MR) is 126 cm³/mol. The van der Waals surface area contributed by atoms with E-state index >= 15 is 0 Å². The fourth-order valence-corrected chi connectivity index (χ4v) is 5.45. The molecule has 2 aromatic heterocycles. The van der Waals surface area contributed by atoms with Gasteiger partial charge in [0, 0.05) is 42.8 Å². The Hall–Kier alpha value is -2.58. The highest BCUT2D eigenvalue weighted by Crippen LogP contribution is 2.30. The normalized spacial score (nSPS) is 18.0. The Balaban J connectivity index is 1.27. The van der Waals surface area contributed by atoms with Gasteiger partial charge in [-0.25, -0.2) is 9.97 Å². The van der Waals surface area contributed by atoms with Crippen LogP contribution in [0.5, 0.6) is 0 Å². The molecule has 0 saturated carbocycles. The second-order valence-electron chi connectivity index (χ2n) is 7.94. The third kappa shape index (κ3) is 4.27. The van der Waals surface area contributed by atoms with Crippen LogP contribution in [0.15, 0.2) is 48.8 Å². The molecule has 1 fully saturated rings. The number of carbonyl (C=O) groups excluding carboxylic acids is 1. The molecule has 1 aliphatic rings. The summed E-state index contributed by atoms with van der Waals surface area (Å²) in [6.07, 6.45) is 2.55. The fraction of sp³-hybridized carbons (Fsp3) is 0.261. The molecule has 31 heavy (non-hydrogen) atoms. The van der Waals surface area contributed by atoms with E-state index in [1.807, 2.05) is 24.3 Å². The molecule has 158 valence electrons. The number of fused-ring (bicyclic) bond motifs is 2. The zero-order valence-corrected chi connectivity index (χ0v) is 18.4. The van der Waals surface area contributed by atoms with Crippen LogP contribution in [0, 0.1) is 0 Å². The van der Waals surface area contributed by atoms with Gasteiger partial charge in [-0.3, -0.25) is 9.80 Å². The number of carbonyl (C=O) groups is 1. The Morgan fingerprint density at radius 1 is 1.10 bits per heavy atom. The molecule has 3 heterocycles. The Morgan fingerprint density at radius 3 is 2.81 bits per heavy atom. The number of aldehydes is 1. The minimum Gasteiger partial charge on any atom is -0.383 e. The van der Waals surface area contributed by atoms with Crippen molar-refractivity contribution in [2.45, 2.75) is 19.1 Å². The van der Waals surface area contributed by atoms with Gasteiger partial charge in [0.1, 0.15) is 18.4 Å². The number of halogens is 1. The number of hydrogen-bond donors (Lipinski definition) is 1. The van der Waals surface area contributed by atoms with Crippen LogP contribution in [0.3, 0.4) is 0 Å². The molecule has 0 spiro atoms.